The number of amides is 1. The van der Waals surface area contributed by atoms with Gasteiger partial charge in [0.25, 0.3) is 5.91 Å². The number of aromatic nitrogens is 2. The average Bonchev–Trinajstić information content (AvgIpc) is 2.75. The molecule has 6 heteroatoms. The van der Waals surface area contributed by atoms with Gasteiger partial charge in [-0.15, -0.1) is 0 Å². The number of hydrogen-bond acceptors (Lipinski definition) is 5. The van der Waals surface area contributed by atoms with Gasteiger partial charge in [0.2, 0.25) is 5.88 Å². The van der Waals surface area contributed by atoms with Crippen molar-refractivity contribution in [2.45, 2.75) is 18.9 Å². The maximum atomic E-state index is 12.9. The Bertz CT molecular complexity index is 901. The fourth-order valence-corrected chi connectivity index (χ4v) is 3.21. The molecular formula is C22H21N3O3. The van der Waals surface area contributed by atoms with Gasteiger partial charge in [0.05, 0.1) is 6.54 Å². The van der Waals surface area contributed by atoms with Crippen LogP contribution in [0.15, 0.2) is 73.2 Å². The van der Waals surface area contributed by atoms with Crippen LogP contribution in [0.4, 0.5) is 0 Å². The van der Waals surface area contributed by atoms with Crippen LogP contribution in [0, 0.1) is 0 Å². The third kappa shape index (κ3) is 4.46. The highest BCUT2D eigenvalue weighted by molar-refractivity contribution is 5.94. The Kier molecular flexibility index (Phi) is 5.47. The van der Waals surface area contributed by atoms with E-state index in [-0.39, 0.29) is 12.0 Å². The summed E-state index contributed by atoms with van der Waals surface area (Å²) in [6.45, 7) is 1.27. The van der Waals surface area contributed by atoms with E-state index in [0.29, 0.717) is 23.7 Å². The smallest absolute Gasteiger partial charge is 0.253 e. The van der Waals surface area contributed by atoms with Crippen molar-refractivity contribution >= 4 is 5.91 Å². The molecule has 3 aromatic rings. The van der Waals surface area contributed by atoms with Crippen molar-refractivity contribution in [2.24, 2.45) is 0 Å². The molecule has 0 radical (unpaired) electrons. The lowest BCUT2D eigenvalue weighted by Gasteiger charge is -2.32. The summed E-state index contributed by atoms with van der Waals surface area (Å²) >= 11 is 0. The number of hydrogen-bond donors (Lipinski definition) is 0. The minimum absolute atomic E-state index is 0.00208. The molecule has 4 rings (SSSR count). The molecule has 1 amide bonds. The topological polar surface area (TPSA) is 64.5 Å². The third-order valence-electron chi connectivity index (χ3n) is 4.59. The van der Waals surface area contributed by atoms with Crippen LogP contribution in [0.1, 0.15) is 23.2 Å². The molecule has 1 aliphatic heterocycles. The molecule has 1 atom stereocenters. The molecule has 28 heavy (non-hydrogen) atoms. The first kappa shape index (κ1) is 18.0. The number of para-hydroxylation sites is 1. The van der Waals surface area contributed by atoms with Crippen molar-refractivity contribution in [3.05, 3.63) is 78.8 Å². The van der Waals surface area contributed by atoms with Gasteiger partial charge in [-0.3, -0.25) is 4.79 Å². The summed E-state index contributed by atoms with van der Waals surface area (Å²) in [5.74, 6) is 2.01. The lowest BCUT2D eigenvalue weighted by Crippen LogP contribution is -2.44. The molecule has 142 valence electrons. The number of nitrogens with zero attached hydrogens (tertiary/aromatic N) is 3. The second-order valence-corrected chi connectivity index (χ2v) is 6.62. The SMILES string of the molecule is O=C(c1ccc(Oc2ccccc2)cc1)N1CCCC(Oc2ccncn2)C1. The van der Waals surface area contributed by atoms with E-state index < -0.39 is 0 Å². The van der Waals surface area contributed by atoms with E-state index in [1.807, 2.05) is 47.4 Å². The van der Waals surface area contributed by atoms with E-state index in [9.17, 15) is 4.79 Å². The van der Waals surface area contributed by atoms with Gasteiger partial charge in [-0.2, -0.15) is 0 Å². The molecule has 1 unspecified atom stereocenters. The highest BCUT2D eigenvalue weighted by Crippen LogP contribution is 2.23. The summed E-state index contributed by atoms with van der Waals surface area (Å²) in [7, 11) is 0. The van der Waals surface area contributed by atoms with Crippen LogP contribution in [-0.2, 0) is 0 Å². The van der Waals surface area contributed by atoms with Crippen LogP contribution < -0.4 is 9.47 Å². The molecule has 1 fully saturated rings. The molecule has 6 nitrogen and oxygen atoms in total. The van der Waals surface area contributed by atoms with Gasteiger partial charge in [0.1, 0.15) is 23.9 Å². The zero-order chi connectivity index (χ0) is 19.2. The summed E-state index contributed by atoms with van der Waals surface area (Å²) in [6.07, 6.45) is 4.84. The molecule has 0 saturated carbocycles. The Morgan fingerprint density at radius 3 is 2.54 bits per heavy atom. The second-order valence-electron chi connectivity index (χ2n) is 6.62. The third-order valence-corrected chi connectivity index (χ3v) is 4.59. The molecule has 2 heterocycles. The van der Waals surface area contributed by atoms with E-state index in [4.69, 9.17) is 9.47 Å². The highest BCUT2D eigenvalue weighted by Gasteiger charge is 2.26. The molecular weight excluding hydrogens is 354 g/mol. The Hall–Kier alpha value is -3.41. The van der Waals surface area contributed by atoms with Gasteiger partial charge in [-0.05, 0) is 49.2 Å². The van der Waals surface area contributed by atoms with Crippen LogP contribution in [0.3, 0.4) is 0 Å². The van der Waals surface area contributed by atoms with Gasteiger partial charge < -0.3 is 14.4 Å². The minimum Gasteiger partial charge on any atom is -0.472 e. The number of piperidine rings is 1. The molecule has 1 aliphatic rings. The average molecular weight is 375 g/mol. The van der Waals surface area contributed by atoms with Crippen LogP contribution in [0.2, 0.25) is 0 Å². The molecule has 0 N–H and O–H groups in total. The number of ether oxygens (including phenoxy) is 2. The number of rotatable bonds is 5. The predicted octanol–water partition coefficient (Wildman–Crippen LogP) is 3.95. The molecule has 2 aromatic carbocycles. The Morgan fingerprint density at radius 2 is 1.79 bits per heavy atom. The molecule has 0 bridgehead atoms. The van der Waals surface area contributed by atoms with Crippen molar-refractivity contribution in [3.63, 3.8) is 0 Å². The predicted molar refractivity (Wildman–Crippen MR) is 105 cm³/mol. The summed E-state index contributed by atoms with van der Waals surface area (Å²) in [5, 5.41) is 0. The zero-order valence-electron chi connectivity index (χ0n) is 15.4. The fourth-order valence-electron chi connectivity index (χ4n) is 3.21. The van der Waals surface area contributed by atoms with Gasteiger partial charge in [-0.1, -0.05) is 18.2 Å². The van der Waals surface area contributed by atoms with Crippen LogP contribution in [-0.4, -0.2) is 40.0 Å². The lowest BCUT2D eigenvalue weighted by atomic mass is 10.1. The Labute approximate surface area is 163 Å². The van der Waals surface area contributed by atoms with Crippen molar-refractivity contribution in [1.29, 1.82) is 0 Å². The Balaban J connectivity index is 1.38. The molecule has 0 aliphatic carbocycles. The number of likely N-dealkylation sites (tertiary alicyclic amines) is 1. The highest BCUT2D eigenvalue weighted by atomic mass is 16.5. The zero-order valence-corrected chi connectivity index (χ0v) is 15.4. The molecule has 1 aromatic heterocycles. The van der Waals surface area contributed by atoms with Gasteiger partial charge in [0, 0.05) is 24.4 Å². The van der Waals surface area contributed by atoms with Crippen molar-refractivity contribution in [1.82, 2.24) is 14.9 Å². The number of benzene rings is 2. The monoisotopic (exact) mass is 375 g/mol. The first-order valence-electron chi connectivity index (χ1n) is 9.33. The minimum atomic E-state index is -0.0618. The van der Waals surface area contributed by atoms with Gasteiger partial charge in [-0.25, -0.2) is 9.97 Å². The summed E-state index contributed by atoms with van der Waals surface area (Å²) in [6, 6.07) is 18.5. The first-order valence-corrected chi connectivity index (χ1v) is 9.33. The van der Waals surface area contributed by atoms with Crippen LogP contribution in [0.25, 0.3) is 0 Å². The number of carbonyl (C=O) groups is 1. The van der Waals surface area contributed by atoms with Gasteiger partial charge >= 0.3 is 0 Å². The van der Waals surface area contributed by atoms with E-state index in [0.717, 1.165) is 25.1 Å². The van der Waals surface area contributed by atoms with Crippen molar-refractivity contribution in [3.8, 4) is 17.4 Å². The van der Waals surface area contributed by atoms with Crippen LogP contribution >= 0.6 is 0 Å². The van der Waals surface area contributed by atoms with E-state index in [1.54, 1.807) is 24.4 Å². The molecule has 0 spiro atoms. The fraction of sp³-hybridized carbons (Fsp3) is 0.227. The van der Waals surface area contributed by atoms with Gasteiger partial charge in [0.15, 0.2) is 0 Å². The lowest BCUT2D eigenvalue weighted by molar-refractivity contribution is 0.0527. The molecule has 1 saturated heterocycles. The summed E-state index contributed by atoms with van der Waals surface area (Å²) < 4.78 is 11.7. The van der Waals surface area contributed by atoms with E-state index in [1.165, 1.54) is 6.33 Å². The second kappa shape index (κ2) is 8.52. The quantitative estimate of drug-likeness (QED) is 0.676. The maximum absolute atomic E-state index is 12.9. The van der Waals surface area contributed by atoms with E-state index >= 15 is 0 Å². The van der Waals surface area contributed by atoms with Crippen LogP contribution in [0.5, 0.6) is 17.4 Å². The normalized spacial score (nSPS) is 16.4. The maximum Gasteiger partial charge on any atom is 0.253 e. The van der Waals surface area contributed by atoms with Crippen molar-refractivity contribution < 1.29 is 14.3 Å². The summed E-state index contributed by atoms with van der Waals surface area (Å²) in [5.41, 5.74) is 0.642. The number of carbonyl (C=O) groups excluding carboxylic acids is 1. The standard InChI is InChI=1S/C22H21N3O3/c26-22(17-8-10-19(11-9-17)27-18-5-2-1-3-6-18)25-14-4-7-20(15-25)28-21-12-13-23-16-24-21/h1-3,5-6,8-13,16,20H,4,7,14-15H2. The largest absolute Gasteiger partial charge is 0.472 e. The first-order chi connectivity index (χ1) is 13.8. The Morgan fingerprint density at radius 1 is 1.00 bits per heavy atom. The summed E-state index contributed by atoms with van der Waals surface area (Å²) in [4.78, 5) is 22.7. The van der Waals surface area contributed by atoms with E-state index in [2.05, 4.69) is 9.97 Å². The van der Waals surface area contributed by atoms with Crippen molar-refractivity contribution in [2.75, 3.05) is 13.1 Å².